The van der Waals surface area contributed by atoms with E-state index >= 15 is 0 Å². The summed E-state index contributed by atoms with van der Waals surface area (Å²) in [7, 11) is 0. The van der Waals surface area contributed by atoms with Gasteiger partial charge in [-0.3, -0.25) is 14.4 Å². The fraction of sp³-hybridized carbons (Fsp3) is 0.667. The Morgan fingerprint density at radius 3 is 2.37 bits per heavy atom. The number of carbonyl (C=O) groups excluding carboxylic acids is 3. The van der Waals surface area contributed by atoms with Crippen molar-refractivity contribution in [3.05, 3.63) is 22.4 Å². The monoisotopic (exact) mass is 389 g/mol. The highest BCUT2D eigenvalue weighted by atomic mass is 32.1. The van der Waals surface area contributed by atoms with E-state index in [0.29, 0.717) is 22.6 Å². The topological polar surface area (TPSA) is 72.5 Å². The van der Waals surface area contributed by atoms with E-state index in [2.05, 4.69) is 5.32 Å². The average Bonchev–Trinajstić information content (AvgIpc) is 3.14. The Labute approximate surface area is 163 Å². The minimum atomic E-state index is -0.693. The van der Waals surface area contributed by atoms with E-state index in [0.717, 1.165) is 19.3 Å². The number of ketones is 1. The first kappa shape index (κ1) is 18.7. The molecule has 0 unspecified atom stereocenters. The standard InChI is InChI=1S/C21H27NO4S/c1-13(26-18(23)4-5-22-20(25)17-3-2-6-27-17)19(24)21-10-14-7-15(11-21)9-16(8-14)12-21/h2-3,6,13-16H,4-5,7-12H2,1H3,(H,22,25)/t13-,14?,15?,16?,21?/m0/s1. The summed E-state index contributed by atoms with van der Waals surface area (Å²) in [5.41, 5.74) is -0.248. The fourth-order valence-electron chi connectivity index (χ4n) is 5.93. The molecule has 1 aromatic rings. The normalized spacial score (nSPS) is 32.1. The lowest BCUT2D eigenvalue weighted by Gasteiger charge is -2.56. The molecule has 1 atom stereocenters. The van der Waals surface area contributed by atoms with Crippen molar-refractivity contribution in [3.63, 3.8) is 0 Å². The second-order valence-electron chi connectivity index (χ2n) is 8.68. The van der Waals surface area contributed by atoms with Crippen molar-refractivity contribution in [1.29, 1.82) is 0 Å². The maximum atomic E-state index is 13.1. The lowest BCUT2D eigenvalue weighted by Crippen LogP contribution is -2.52. The predicted octanol–water partition coefficient (Wildman–Crippen LogP) is 3.59. The molecule has 4 saturated carbocycles. The van der Waals surface area contributed by atoms with E-state index in [4.69, 9.17) is 4.74 Å². The highest BCUT2D eigenvalue weighted by Gasteiger charge is 2.55. The SMILES string of the molecule is C[C@H](OC(=O)CCNC(=O)c1cccs1)C(=O)C12CC3CC(CC(C3)C1)C2. The van der Waals surface area contributed by atoms with E-state index in [-0.39, 0.29) is 30.1 Å². The van der Waals surface area contributed by atoms with Crippen LogP contribution in [0.4, 0.5) is 0 Å². The van der Waals surface area contributed by atoms with E-state index < -0.39 is 12.1 Å². The van der Waals surface area contributed by atoms with Crippen molar-refractivity contribution < 1.29 is 19.1 Å². The molecule has 27 heavy (non-hydrogen) atoms. The molecule has 4 fully saturated rings. The van der Waals surface area contributed by atoms with Gasteiger partial charge in [0.05, 0.1) is 11.3 Å². The molecule has 0 spiro atoms. The molecule has 4 aliphatic rings. The molecule has 4 aliphatic carbocycles. The van der Waals surface area contributed by atoms with Gasteiger partial charge in [-0.15, -0.1) is 11.3 Å². The quantitative estimate of drug-likeness (QED) is 0.724. The Balaban J connectivity index is 1.26. The van der Waals surface area contributed by atoms with E-state index in [1.807, 2.05) is 11.4 Å². The summed E-state index contributed by atoms with van der Waals surface area (Å²) >= 11 is 1.36. The summed E-state index contributed by atoms with van der Waals surface area (Å²) in [5.74, 6) is 1.59. The Morgan fingerprint density at radius 2 is 1.81 bits per heavy atom. The third kappa shape index (κ3) is 3.82. The third-order valence-electron chi connectivity index (χ3n) is 6.60. The van der Waals surface area contributed by atoms with Crippen LogP contribution in [-0.4, -0.2) is 30.3 Å². The largest absolute Gasteiger partial charge is 0.455 e. The first-order chi connectivity index (χ1) is 12.9. The molecule has 0 radical (unpaired) electrons. The van der Waals surface area contributed by atoms with Crippen LogP contribution in [0.5, 0.6) is 0 Å². The predicted molar refractivity (Wildman–Crippen MR) is 102 cm³/mol. The van der Waals surface area contributed by atoms with E-state index in [9.17, 15) is 14.4 Å². The van der Waals surface area contributed by atoms with Gasteiger partial charge in [0.2, 0.25) is 0 Å². The summed E-state index contributed by atoms with van der Waals surface area (Å²) in [5, 5.41) is 4.55. The van der Waals surface area contributed by atoms with Crippen LogP contribution in [0, 0.1) is 23.2 Å². The number of Topliss-reactive ketones (excluding diaryl/α,β-unsaturated/α-hetero) is 1. The Kier molecular flexibility index (Phi) is 5.10. The second-order valence-corrected chi connectivity index (χ2v) is 9.63. The smallest absolute Gasteiger partial charge is 0.308 e. The molecule has 1 amide bonds. The maximum Gasteiger partial charge on any atom is 0.308 e. The van der Waals surface area contributed by atoms with Crippen LogP contribution in [0.3, 0.4) is 0 Å². The zero-order valence-corrected chi connectivity index (χ0v) is 16.6. The molecule has 146 valence electrons. The van der Waals surface area contributed by atoms with Gasteiger partial charge in [0.25, 0.3) is 5.91 Å². The van der Waals surface area contributed by atoms with Gasteiger partial charge < -0.3 is 10.1 Å². The molecule has 5 rings (SSSR count). The van der Waals surface area contributed by atoms with Crippen molar-refractivity contribution in [3.8, 4) is 0 Å². The summed E-state index contributed by atoms with van der Waals surface area (Å²) < 4.78 is 5.44. The molecule has 1 N–H and O–H groups in total. The highest BCUT2D eigenvalue weighted by molar-refractivity contribution is 7.12. The van der Waals surface area contributed by atoms with E-state index in [1.54, 1.807) is 13.0 Å². The number of hydrogen-bond acceptors (Lipinski definition) is 5. The van der Waals surface area contributed by atoms with Gasteiger partial charge in [-0.1, -0.05) is 6.07 Å². The fourth-order valence-corrected chi connectivity index (χ4v) is 6.57. The summed E-state index contributed by atoms with van der Waals surface area (Å²) in [6.45, 7) is 1.93. The van der Waals surface area contributed by atoms with Crippen molar-refractivity contribution in [1.82, 2.24) is 5.32 Å². The molecular formula is C21H27NO4S. The van der Waals surface area contributed by atoms with Crippen LogP contribution in [-0.2, 0) is 14.3 Å². The maximum absolute atomic E-state index is 13.1. The second kappa shape index (κ2) is 7.38. The van der Waals surface area contributed by atoms with Crippen LogP contribution < -0.4 is 5.32 Å². The molecule has 0 aromatic carbocycles. The average molecular weight is 390 g/mol. The van der Waals surface area contributed by atoms with Gasteiger partial charge in [0, 0.05) is 12.0 Å². The molecule has 1 aromatic heterocycles. The van der Waals surface area contributed by atoms with Crippen molar-refractivity contribution in [2.75, 3.05) is 6.54 Å². The minimum Gasteiger partial charge on any atom is -0.455 e. The minimum absolute atomic E-state index is 0.0790. The zero-order chi connectivity index (χ0) is 19.0. The van der Waals surface area contributed by atoms with Crippen molar-refractivity contribution in [2.45, 2.75) is 58.0 Å². The summed E-state index contributed by atoms with van der Waals surface area (Å²) in [6, 6.07) is 3.55. The van der Waals surface area contributed by atoms with E-state index in [1.165, 1.54) is 30.6 Å². The number of rotatable bonds is 7. The van der Waals surface area contributed by atoms with Crippen LogP contribution in [0.2, 0.25) is 0 Å². The lowest BCUT2D eigenvalue weighted by molar-refractivity contribution is -0.164. The van der Waals surface area contributed by atoms with Crippen LogP contribution in [0.15, 0.2) is 17.5 Å². The summed E-state index contributed by atoms with van der Waals surface area (Å²) in [6.07, 6.45) is 6.18. The van der Waals surface area contributed by atoms with Gasteiger partial charge in [0.15, 0.2) is 11.9 Å². The molecular weight excluding hydrogens is 362 g/mol. The van der Waals surface area contributed by atoms with Crippen molar-refractivity contribution in [2.24, 2.45) is 23.2 Å². The Bertz CT molecular complexity index is 691. The lowest BCUT2D eigenvalue weighted by atomic mass is 9.48. The number of amides is 1. The van der Waals surface area contributed by atoms with Gasteiger partial charge >= 0.3 is 5.97 Å². The molecule has 0 aliphatic heterocycles. The number of hydrogen-bond donors (Lipinski definition) is 1. The van der Waals surface area contributed by atoms with Gasteiger partial charge in [-0.2, -0.15) is 0 Å². The molecule has 4 bridgehead atoms. The highest BCUT2D eigenvalue weighted by Crippen LogP contribution is 2.60. The van der Waals surface area contributed by atoms with Gasteiger partial charge in [-0.25, -0.2) is 0 Å². The molecule has 6 heteroatoms. The number of ether oxygens (including phenoxy) is 1. The van der Waals surface area contributed by atoms with Crippen LogP contribution in [0.1, 0.15) is 61.5 Å². The molecule has 0 saturated heterocycles. The number of thiophene rings is 1. The Hall–Kier alpha value is -1.69. The number of esters is 1. The number of nitrogens with one attached hydrogen (secondary N) is 1. The first-order valence-electron chi connectivity index (χ1n) is 10.0. The molecule has 1 heterocycles. The van der Waals surface area contributed by atoms with Gasteiger partial charge in [0.1, 0.15) is 0 Å². The van der Waals surface area contributed by atoms with Crippen LogP contribution >= 0.6 is 11.3 Å². The summed E-state index contributed by atoms with van der Waals surface area (Å²) in [4.78, 5) is 37.7. The first-order valence-corrected chi connectivity index (χ1v) is 10.9. The van der Waals surface area contributed by atoms with Crippen LogP contribution in [0.25, 0.3) is 0 Å². The Morgan fingerprint density at radius 1 is 1.19 bits per heavy atom. The zero-order valence-electron chi connectivity index (χ0n) is 15.7. The van der Waals surface area contributed by atoms with Gasteiger partial charge in [-0.05, 0) is 74.6 Å². The number of carbonyl (C=O) groups is 3. The third-order valence-corrected chi connectivity index (χ3v) is 7.47. The molecule has 5 nitrogen and oxygen atoms in total. The van der Waals surface area contributed by atoms with Crippen molar-refractivity contribution >= 4 is 29.0 Å².